The van der Waals surface area contributed by atoms with E-state index in [9.17, 15) is 92.2 Å². The number of hydrogen-bond donors (Lipinski definition) is 11. The third-order valence-corrected chi connectivity index (χ3v) is 21.8. The topological polar surface area (TPSA) is 399 Å². The Bertz CT molecular complexity index is 5560. The molecule has 0 saturated heterocycles. The van der Waals surface area contributed by atoms with Crippen molar-refractivity contribution >= 4 is 65.3 Å². The van der Waals surface area contributed by atoms with Crippen molar-refractivity contribution in [1.82, 2.24) is 96.8 Å². The van der Waals surface area contributed by atoms with Crippen LogP contribution in [0.2, 0.25) is 5.02 Å². The van der Waals surface area contributed by atoms with Crippen molar-refractivity contribution in [3.8, 4) is 45.0 Å². The van der Waals surface area contributed by atoms with Gasteiger partial charge in [-0.25, -0.2) is 63.1 Å². The number of benzene rings is 4. The lowest BCUT2D eigenvalue weighted by Crippen LogP contribution is -2.55. The second-order valence-corrected chi connectivity index (χ2v) is 35.6. The highest BCUT2D eigenvalue weighted by molar-refractivity contribution is 6.30. The molecule has 0 fully saturated rings. The second-order valence-electron chi connectivity index (χ2n) is 35.2. The first-order valence-electron chi connectivity index (χ1n) is 41.6. The van der Waals surface area contributed by atoms with Gasteiger partial charge in [0.1, 0.15) is 70.2 Å². The van der Waals surface area contributed by atoms with E-state index in [1.54, 1.807) is 74.1 Å². The molecular weight excluding hydrogens is 1740 g/mol. The number of aliphatic hydroxyl groups excluding tert-OH is 2. The van der Waals surface area contributed by atoms with Crippen LogP contribution in [0.4, 0.5) is 63.1 Å². The highest BCUT2D eigenvalue weighted by Gasteiger charge is 2.42. The number of rotatable bonds is 19. The van der Waals surface area contributed by atoms with Crippen molar-refractivity contribution in [2.75, 3.05) is 86.8 Å². The van der Waals surface area contributed by atoms with Crippen LogP contribution in [0.15, 0.2) is 54.6 Å². The standard InChI is InChI=1S/C24H30F3N5O4.C22H28F3N5O3.C21H26ClFN4O4.C20H24F3N5O2/c1-6-36-19(33)12-31-8-7-18-14(11-31)20(13-9-16(26)17(27)10-15(13)25)30-32(18)23(35)29-21(22(34)28-5)24(2,3)4;1-22(2,3)19(20(32)26-4)27-21(33)30-17-5-6-29(7-8-31)11-13(17)18(28-30)12-9-15(24)16(25)10-14(12)23;1-21(2,3)18(19(29)24-7-8-28)25-20(30)27-16-6-9-31-11-14(16)17(26-27)13-10-12(22)4-5-15(13)23;1-20(2,3)17(18(29)24-4)26-19(30)28-15-5-6-25-9-11(15)16(27-28)10-7-13(22)14(23)8-12(10)21/h9-10,21H,6-8,11-12H2,1-5H3,(H,28,34)(H,29,35);9-10,19,31H,5-8,11H2,1-4H3,(H,26,32)(H,27,33);4-5,10,18,28H,6-9,11H2,1-3H3,(H,24,29)(H,25,30);7-8,17,25H,5-6,9H2,1-4H3,(H,24,29)(H,26,30)/t21-;19-;18-;17-/m1111/s1. The van der Waals surface area contributed by atoms with E-state index < -0.39 is 152 Å². The van der Waals surface area contributed by atoms with Gasteiger partial charge in [-0.05, 0) is 65.0 Å². The maximum Gasteiger partial charge on any atom is 0.343 e. The maximum atomic E-state index is 14.7. The van der Waals surface area contributed by atoms with Gasteiger partial charge in [0.05, 0.1) is 62.4 Å². The largest absolute Gasteiger partial charge is 0.465 e. The minimum absolute atomic E-state index is 0.00596. The van der Waals surface area contributed by atoms with Crippen LogP contribution < -0.4 is 47.9 Å². The summed E-state index contributed by atoms with van der Waals surface area (Å²) >= 11 is 6.04. The van der Waals surface area contributed by atoms with Crippen LogP contribution in [0.1, 0.15) is 135 Å². The molecule has 0 spiro atoms. The van der Waals surface area contributed by atoms with E-state index in [-0.39, 0.29) is 117 Å². The molecule has 12 rings (SSSR count). The number of aromatic nitrogens is 8. The number of esters is 1. The zero-order chi connectivity index (χ0) is 96.3. The predicted octanol–water partition coefficient (Wildman–Crippen LogP) is 9.47. The highest BCUT2D eigenvalue weighted by Crippen LogP contribution is 2.39. The summed E-state index contributed by atoms with van der Waals surface area (Å²) < 4.78 is 155. The SMILES string of the molecule is CC(C)(C)[C@H](NC(=O)n1nc(-c2cc(Cl)ccc2F)c2c1CCOC2)C(=O)NCCO.CCOC(=O)CN1CCc2c(c(-c3cc(F)c(F)cc3F)nn2C(=O)N[C@H](C(=O)NC)C(C)(C)C)C1.CNC(=O)[C@@H](NC(=O)n1nc(-c2cc(F)c(F)cc2F)c2c1CCN(CCO)C2)C(C)(C)C.CNC(=O)[C@@H](NC(=O)n1nc(-c2cc(F)c(F)cc2F)c2c1CCNC2)C(C)(C)C. The molecule has 8 amide bonds. The summed E-state index contributed by atoms with van der Waals surface area (Å²) in [6.45, 7) is 26.1. The van der Waals surface area contributed by atoms with Crippen molar-refractivity contribution in [1.29, 1.82) is 0 Å². The minimum Gasteiger partial charge on any atom is -0.465 e. The average molecular weight is 1850 g/mol. The van der Waals surface area contributed by atoms with E-state index in [1.165, 1.54) is 44.0 Å². The number of likely N-dealkylation sites (N-methyl/N-ethyl adjacent to an activating group) is 3. The van der Waals surface area contributed by atoms with Crippen molar-refractivity contribution in [2.45, 2.75) is 166 Å². The van der Waals surface area contributed by atoms with Gasteiger partial charge in [0.25, 0.3) is 0 Å². The monoisotopic (exact) mass is 1850 g/mol. The van der Waals surface area contributed by atoms with Crippen LogP contribution >= 0.6 is 11.6 Å². The Labute approximate surface area is 748 Å². The van der Waals surface area contributed by atoms with Crippen molar-refractivity contribution in [3.63, 3.8) is 0 Å². The summed E-state index contributed by atoms with van der Waals surface area (Å²) in [5.41, 5.74) is 1.17. The fourth-order valence-electron chi connectivity index (χ4n) is 14.9. The van der Waals surface area contributed by atoms with Gasteiger partial charge in [0, 0.05) is 167 Å². The van der Waals surface area contributed by atoms with Crippen LogP contribution in [-0.4, -0.2) is 224 Å². The normalized spacial score (nSPS) is 14.8. The maximum absolute atomic E-state index is 14.7. The third kappa shape index (κ3) is 24.1. The number of halogens is 11. The van der Waals surface area contributed by atoms with Crippen molar-refractivity contribution in [2.24, 2.45) is 21.7 Å². The first-order valence-corrected chi connectivity index (χ1v) is 42.0. The molecule has 0 saturated carbocycles. The van der Waals surface area contributed by atoms with Crippen molar-refractivity contribution in [3.05, 3.63) is 163 Å². The van der Waals surface area contributed by atoms with Gasteiger partial charge in [-0.1, -0.05) is 94.7 Å². The predicted molar refractivity (Wildman–Crippen MR) is 457 cm³/mol. The van der Waals surface area contributed by atoms with E-state index in [2.05, 4.69) is 68.2 Å². The summed E-state index contributed by atoms with van der Waals surface area (Å²) in [6.07, 6.45) is 1.43. The lowest BCUT2D eigenvalue weighted by Gasteiger charge is -2.30. The molecule has 4 aromatic carbocycles. The number of carbonyl (C=O) groups is 9. The number of aliphatic hydroxyl groups is 2. The number of nitrogens with zero attached hydrogens (tertiary/aromatic N) is 10. The molecule has 0 aliphatic carbocycles. The van der Waals surface area contributed by atoms with Crippen LogP contribution in [-0.2, 0) is 85.4 Å². The fourth-order valence-corrected chi connectivity index (χ4v) is 15.0. The lowest BCUT2D eigenvalue weighted by molar-refractivity contribution is -0.144. The van der Waals surface area contributed by atoms with Crippen LogP contribution in [0.25, 0.3) is 45.0 Å². The van der Waals surface area contributed by atoms with E-state index in [4.69, 9.17) is 26.2 Å². The Morgan fingerprint density at radius 3 is 1.19 bits per heavy atom. The number of carbonyl (C=O) groups excluding carboxylic acids is 9. The van der Waals surface area contributed by atoms with E-state index in [1.807, 2.05) is 25.7 Å². The summed E-state index contributed by atoms with van der Waals surface area (Å²) in [5, 5.41) is 59.7. The van der Waals surface area contributed by atoms with Gasteiger partial charge in [-0.15, -0.1) is 0 Å². The molecule has 11 N–H and O–H groups in total. The average Bonchev–Trinajstić information content (AvgIpc) is 1.61. The summed E-state index contributed by atoms with van der Waals surface area (Å²) in [5.74, 6) is -13.3. The molecule has 706 valence electrons. The molecule has 0 unspecified atom stereocenters. The van der Waals surface area contributed by atoms with Crippen LogP contribution in [0, 0.1) is 79.8 Å². The lowest BCUT2D eigenvalue weighted by atomic mass is 9.86. The Morgan fingerprint density at radius 1 is 0.454 bits per heavy atom. The quantitative estimate of drug-likeness (QED) is 0.0204. The Morgan fingerprint density at radius 2 is 0.808 bits per heavy atom. The third-order valence-electron chi connectivity index (χ3n) is 21.6. The molecule has 43 heteroatoms. The summed E-state index contributed by atoms with van der Waals surface area (Å²) in [6, 6.07) is 1.34. The van der Waals surface area contributed by atoms with Crippen LogP contribution in [0.5, 0.6) is 0 Å². The zero-order valence-electron chi connectivity index (χ0n) is 74.7. The molecule has 4 aromatic heterocycles. The Hall–Kier alpha value is -11.7. The number of nitrogens with one attached hydrogen (secondary N) is 9. The van der Waals surface area contributed by atoms with E-state index in [0.717, 1.165) is 20.1 Å². The molecular formula is C87H108ClF10N19O13. The molecule has 8 aromatic rings. The molecule has 4 aliphatic heterocycles. The van der Waals surface area contributed by atoms with Gasteiger partial charge in [-0.3, -0.25) is 33.8 Å². The van der Waals surface area contributed by atoms with E-state index in [0.29, 0.717) is 132 Å². The summed E-state index contributed by atoms with van der Waals surface area (Å²) in [4.78, 5) is 118. The smallest absolute Gasteiger partial charge is 0.343 e. The second kappa shape index (κ2) is 42.9. The molecule has 4 atom stereocenters. The molecule has 0 radical (unpaired) electrons. The zero-order valence-corrected chi connectivity index (χ0v) is 75.5. The number of fused-ring (bicyclic) bond motifs is 4. The van der Waals surface area contributed by atoms with Crippen molar-refractivity contribution < 1.29 is 107 Å². The Kier molecular flexibility index (Phi) is 33.7. The van der Waals surface area contributed by atoms with Crippen LogP contribution in [0.3, 0.4) is 0 Å². The first kappa shape index (κ1) is 102. The minimum atomic E-state index is -1.36. The number of hydrogen-bond acceptors (Lipinski definition) is 20. The number of ether oxygens (including phenoxy) is 2. The first-order chi connectivity index (χ1) is 61.0. The van der Waals surface area contributed by atoms with Gasteiger partial charge in [0.15, 0.2) is 34.9 Å². The highest BCUT2D eigenvalue weighted by atomic mass is 35.5. The van der Waals surface area contributed by atoms with E-state index >= 15 is 0 Å². The molecule has 32 nitrogen and oxygen atoms in total. The molecule has 0 bridgehead atoms. The molecule has 130 heavy (non-hydrogen) atoms. The molecule has 4 aliphatic rings. The molecule has 8 heterocycles. The van der Waals surface area contributed by atoms with Gasteiger partial charge < -0.3 is 67.5 Å². The number of β-amino-alcohol motifs (C(OH)–C–C–N with tert-alkyl or cyclic N) is 1. The summed E-state index contributed by atoms with van der Waals surface area (Å²) in [7, 11) is 4.38. The fraction of sp³-hybridized carbons (Fsp3) is 0.483. The van der Waals surface area contributed by atoms with Gasteiger partial charge in [-0.2, -0.15) is 39.1 Å². The van der Waals surface area contributed by atoms with Gasteiger partial charge >= 0.3 is 30.1 Å². The number of amides is 8. The Balaban J connectivity index is 0.000000196. The van der Waals surface area contributed by atoms with Gasteiger partial charge in [0.2, 0.25) is 23.6 Å².